The van der Waals surface area contributed by atoms with Gasteiger partial charge in [0.1, 0.15) is 0 Å². The first-order valence-corrected chi connectivity index (χ1v) is 7.33. The molecule has 16 heavy (non-hydrogen) atoms. The predicted molar refractivity (Wildman–Crippen MR) is 70.4 cm³/mol. The van der Waals surface area contributed by atoms with E-state index in [0.29, 0.717) is 0 Å². The first-order chi connectivity index (χ1) is 7.69. The van der Waals surface area contributed by atoms with Gasteiger partial charge in [-0.2, -0.15) is 0 Å². The zero-order chi connectivity index (χ0) is 11.5. The molecule has 0 radical (unpaired) electrons. The van der Waals surface area contributed by atoms with Gasteiger partial charge in [0.2, 0.25) is 0 Å². The van der Waals surface area contributed by atoms with Crippen LogP contribution in [0.15, 0.2) is 0 Å². The fraction of sp³-hybridized carbons (Fsp3) is 1.00. The summed E-state index contributed by atoms with van der Waals surface area (Å²) in [6, 6.07) is 0. The van der Waals surface area contributed by atoms with E-state index in [1.165, 1.54) is 19.4 Å². The second-order valence-electron chi connectivity index (χ2n) is 6.72. The van der Waals surface area contributed by atoms with E-state index in [9.17, 15) is 0 Å². The van der Waals surface area contributed by atoms with Crippen LogP contribution in [0.4, 0.5) is 0 Å². The first kappa shape index (κ1) is 12.4. The lowest BCUT2D eigenvalue weighted by molar-refractivity contribution is 0.245. The molecule has 2 aliphatic rings. The van der Waals surface area contributed by atoms with Gasteiger partial charge in [0.15, 0.2) is 0 Å². The average molecular weight is 223 g/mol. The van der Waals surface area contributed by atoms with Gasteiger partial charge in [-0.3, -0.25) is 0 Å². The van der Waals surface area contributed by atoms with Crippen molar-refractivity contribution in [3.05, 3.63) is 0 Å². The lowest BCUT2D eigenvalue weighted by Crippen LogP contribution is -2.24. The van der Waals surface area contributed by atoms with Gasteiger partial charge in [-0.15, -0.1) is 0 Å². The highest BCUT2D eigenvalue weighted by Gasteiger charge is 2.39. The van der Waals surface area contributed by atoms with E-state index in [1.54, 1.807) is 25.7 Å². The molecule has 1 nitrogen and oxygen atoms in total. The molecule has 2 bridgehead atoms. The van der Waals surface area contributed by atoms with Crippen molar-refractivity contribution >= 4 is 0 Å². The van der Waals surface area contributed by atoms with Gasteiger partial charge in [-0.05, 0) is 75.3 Å². The minimum absolute atomic E-state index is 0.858. The van der Waals surface area contributed by atoms with E-state index in [4.69, 9.17) is 0 Å². The standard InChI is InChI=1S/C15H29N/c1-11(2)6-13(10-16-3)9-15-8-12-4-5-14(15)7-12/h11-16H,4-10H2,1-3H3. The Balaban J connectivity index is 1.80. The maximum absolute atomic E-state index is 3.39. The van der Waals surface area contributed by atoms with Crippen molar-refractivity contribution in [1.82, 2.24) is 5.32 Å². The lowest BCUT2D eigenvalue weighted by Gasteiger charge is -2.27. The molecule has 0 saturated heterocycles. The Morgan fingerprint density at radius 3 is 2.50 bits per heavy atom. The first-order valence-electron chi connectivity index (χ1n) is 7.33. The Morgan fingerprint density at radius 2 is 2.00 bits per heavy atom. The van der Waals surface area contributed by atoms with Crippen LogP contribution in [0.5, 0.6) is 0 Å². The minimum atomic E-state index is 0.858. The second-order valence-corrected chi connectivity index (χ2v) is 6.72. The normalized spacial score (nSPS) is 34.9. The number of nitrogens with one attached hydrogen (secondary N) is 1. The Bertz CT molecular complexity index is 211. The summed E-state index contributed by atoms with van der Waals surface area (Å²) in [4.78, 5) is 0. The summed E-state index contributed by atoms with van der Waals surface area (Å²) >= 11 is 0. The summed E-state index contributed by atoms with van der Waals surface area (Å²) in [5.41, 5.74) is 0. The molecule has 0 spiro atoms. The Kier molecular flexibility index (Phi) is 4.29. The quantitative estimate of drug-likeness (QED) is 0.724. The molecule has 0 aliphatic heterocycles. The third-order valence-electron chi connectivity index (χ3n) is 4.82. The van der Waals surface area contributed by atoms with E-state index < -0.39 is 0 Å². The highest BCUT2D eigenvalue weighted by atomic mass is 14.8. The Morgan fingerprint density at radius 1 is 1.19 bits per heavy atom. The zero-order valence-corrected chi connectivity index (χ0v) is 11.3. The van der Waals surface area contributed by atoms with Crippen molar-refractivity contribution in [2.45, 2.75) is 52.4 Å². The van der Waals surface area contributed by atoms with Crippen LogP contribution in [0.3, 0.4) is 0 Å². The van der Waals surface area contributed by atoms with E-state index in [1.807, 2.05) is 0 Å². The minimum Gasteiger partial charge on any atom is -0.319 e. The molecule has 2 rings (SSSR count). The Hall–Kier alpha value is -0.0400. The number of fused-ring (bicyclic) bond motifs is 2. The van der Waals surface area contributed by atoms with E-state index in [0.717, 1.165) is 29.6 Å². The fourth-order valence-corrected chi connectivity index (χ4v) is 4.31. The van der Waals surface area contributed by atoms with E-state index >= 15 is 0 Å². The molecule has 0 amide bonds. The van der Waals surface area contributed by atoms with Crippen molar-refractivity contribution in [1.29, 1.82) is 0 Å². The molecule has 94 valence electrons. The van der Waals surface area contributed by atoms with Crippen LogP contribution in [0.2, 0.25) is 0 Å². The number of rotatable bonds is 6. The highest BCUT2D eigenvalue weighted by molar-refractivity contribution is 4.91. The fourth-order valence-electron chi connectivity index (χ4n) is 4.31. The highest BCUT2D eigenvalue weighted by Crippen LogP contribution is 2.50. The summed E-state index contributed by atoms with van der Waals surface area (Å²) in [5, 5.41) is 3.39. The van der Waals surface area contributed by atoms with Gasteiger partial charge in [0.25, 0.3) is 0 Å². The number of hydrogen-bond acceptors (Lipinski definition) is 1. The van der Waals surface area contributed by atoms with Gasteiger partial charge in [0.05, 0.1) is 0 Å². The topological polar surface area (TPSA) is 12.0 Å². The maximum atomic E-state index is 3.39. The van der Waals surface area contributed by atoms with E-state index in [2.05, 4.69) is 26.2 Å². The average Bonchev–Trinajstić information content (AvgIpc) is 2.78. The summed E-state index contributed by atoms with van der Waals surface area (Å²) in [6.45, 7) is 5.96. The second kappa shape index (κ2) is 5.53. The molecule has 1 N–H and O–H groups in total. The Labute approximate surface area is 101 Å². The molecule has 0 aromatic rings. The van der Waals surface area contributed by atoms with Crippen LogP contribution in [-0.2, 0) is 0 Å². The molecule has 1 heteroatoms. The SMILES string of the molecule is CNCC(CC(C)C)CC1CC2CCC1C2. The molecule has 0 aromatic carbocycles. The molecule has 0 heterocycles. The van der Waals surface area contributed by atoms with Crippen LogP contribution < -0.4 is 5.32 Å². The van der Waals surface area contributed by atoms with Gasteiger partial charge >= 0.3 is 0 Å². The summed E-state index contributed by atoms with van der Waals surface area (Å²) < 4.78 is 0. The largest absolute Gasteiger partial charge is 0.319 e. The third kappa shape index (κ3) is 3.00. The smallest absolute Gasteiger partial charge is 0.00233 e. The van der Waals surface area contributed by atoms with Gasteiger partial charge in [-0.1, -0.05) is 20.3 Å². The molecule has 2 fully saturated rings. The molecule has 4 atom stereocenters. The van der Waals surface area contributed by atoms with Crippen molar-refractivity contribution in [3.63, 3.8) is 0 Å². The molecular formula is C15H29N. The molecule has 0 aromatic heterocycles. The van der Waals surface area contributed by atoms with Crippen LogP contribution >= 0.6 is 0 Å². The van der Waals surface area contributed by atoms with Crippen molar-refractivity contribution in [2.75, 3.05) is 13.6 Å². The zero-order valence-electron chi connectivity index (χ0n) is 11.3. The van der Waals surface area contributed by atoms with Crippen molar-refractivity contribution in [3.8, 4) is 0 Å². The van der Waals surface area contributed by atoms with Crippen LogP contribution in [0.1, 0.15) is 52.4 Å². The summed E-state index contributed by atoms with van der Waals surface area (Å²) in [6.07, 6.45) is 9.13. The maximum Gasteiger partial charge on any atom is -0.00233 e. The lowest BCUT2D eigenvalue weighted by atomic mass is 9.80. The predicted octanol–water partition coefficient (Wildman–Crippen LogP) is 3.69. The monoisotopic (exact) mass is 223 g/mol. The van der Waals surface area contributed by atoms with Crippen LogP contribution in [-0.4, -0.2) is 13.6 Å². The van der Waals surface area contributed by atoms with Crippen LogP contribution in [0.25, 0.3) is 0 Å². The molecule has 2 aliphatic carbocycles. The summed E-state index contributed by atoms with van der Waals surface area (Å²) in [5.74, 6) is 5.09. The van der Waals surface area contributed by atoms with Crippen molar-refractivity contribution < 1.29 is 0 Å². The van der Waals surface area contributed by atoms with Crippen molar-refractivity contribution in [2.24, 2.45) is 29.6 Å². The molecule has 2 saturated carbocycles. The van der Waals surface area contributed by atoms with Gasteiger partial charge < -0.3 is 5.32 Å². The molecule has 4 unspecified atom stereocenters. The van der Waals surface area contributed by atoms with E-state index in [-0.39, 0.29) is 0 Å². The van der Waals surface area contributed by atoms with Crippen LogP contribution in [0, 0.1) is 29.6 Å². The third-order valence-corrected chi connectivity index (χ3v) is 4.82. The number of hydrogen-bond donors (Lipinski definition) is 1. The molecular weight excluding hydrogens is 194 g/mol. The summed E-state index contributed by atoms with van der Waals surface area (Å²) in [7, 11) is 2.11. The van der Waals surface area contributed by atoms with Gasteiger partial charge in [0, 0.05) is 0 Å². The van der Waals surface area contributed by atoms with Gasteiger partial charge in [-0.25, -0.2) is 0 Å².